The van der Waals surface area contributed by atoms with Crippen molar-refractivity contribution in [1.29, 1.82) is 0 Å². The van der Waals surface area contributed by atoms with E-state index in [4.69, 9.17) is 4.74 Å². The summed E-state index contributed by atoms with van der Waals surface area (Å²) in [7, 11) is 1.32. The zero-order valence-electron chi connectivity index (χ0n) is 15.6. The van der Waals surface area contributed by atoms with Crippen LogP contribution in [0.15, 0.2) is 60.7 Å². The van der Waals surface area contributed by atoms with E-state index < -0.39 is 5.97 Å². The Bertz CT molecular complexity index is 987. The van der Waals surface area contributed by atoms with E-state index in [0.29, 0.717) is 23.6 Å². The molecule has 0 bridgehead atoms. The van der Waals surface area contributed by atoms with Crippen molar-refractivity contribution in [2.24, 2.45) is 0 Å². The van der Waals surface area contributed by atoms with E-state index in [1.54, 1.807) is 36.4 Å². The Morgan fingerprint density at radius 2 is 1.82 bits per heavy atom. The van der Waals surface area contributed by atoms with Crippen molar-refractivity contribution < 1.29 is 14.3 Å². The van der Waals surface area contributed by atoms with Crippen molar-refractivity contribution >= 4 is 23.4 Å². The van der Waals surface area contributed by atoms with Crippen molar-refractivity contribution in [3.05, 3.63) is 83.0 Å². The highest BCUT2D eigenvalue weighted by atomic mass is 16.5. The Labute approximate surface area is 162 Å². The van der Waals surface area contributed by atoms with Crippen LogP contribution in [-0.4, -0.2) is 29.2 Å². The third-order valence-corrected chi connectivity index (χ3v) is 4.03. The molecule has 7 nitrogen and oxygen atoms in total. The van der Waals surface area contributed by atoms with Gasteiger partial charge in [0.1, 0.15) is 0 Å². The molecule has 0 radical (unpaired) electrons. The summed E-state index contributed by atoms with van der Waals surface area (Å²) in [6.45, 7) is 2.41. The zero-order chi connectivity index (χ0) is 19.9. The minimum Gasteiger partial charge on any atom is -0.465 e. The second-order valence-electron chi connectivity index (χ2n) is 6.14. The van der Waals surface area contributed by atoms with Crippen molar-refractivity contribution in [1.82, 2.24) is 15.5 Å². The second-order valence-corrected chi connectivity index (χ2v) is 6.14. The molecule has 28 heavy (non-hydrogen) atoms. The fourth-order valence-corrected chi connectivity index (χ4v) is 2.63. The van der Waals surface area contributed by atoms with E-state index in [1.165, 1.54) is 7.11 Å². The van der Waals surface area contributed by atoms with Gasteiger partial charge in [0.15, 0.2) is 11.5 Å². The third-order valence-electron chi connectivity index (χ3n) is 4.03. The van der Waals surface area contributed by atoms with Crippen LogP contribution in [0.1, 0.15) is 32.0 Å². The van der Waals surface area contributed by atoms with Gasteiger partial charge in [-0.15, -0.1) is 10.2 Å². The van der Waals surface area contributed by atoms with Gasteiger partial charge in [-0.25, -0.2) is 4.79 Å². The van der Waals surface area contributed by atoms with Crippen LogP contribution in [0, 0.1) is 6.92 Å². The van der Waals surface area contributed by atoms with Gasteiger partial charge in [0.05, 0.1) is 18.4 Å². The van der Waals surface area contributed by atoms with E-state index >= 15 is 0 Å². The summed E-state index contributed by atoms with van der Waals surface area (Å²) in [5.74, 6) is -0.356. The van der Waals surface area contributed by atoms with Crippen LogP contribution in [-0.2, 0) is 11.3 Å². The number of rotatable bonds is 6. The van der Waals surface area contributed by atoms with Crippen LogP contribution in [0.25, 0.3) is 0 Å². The molecule has 2 aromatic carbocycles. The molecule has 0 aliphatic carbocycles. The highest BCUT2D eigenvalue weighted by Crippen LogP contribution is 2.20. The molecule has 2 N–H and O–H groups in total. The van der Waals surface area contributed by atoms with Crippen molar-refractivity contribution in [2.45, 2.75) is 13.5 Å². The van der Waals surface area contributed by atoms with Gasteiger partial charge in [-0.3, -0.25) is 4.79 Å². The SMILES string of the molecule is COC(=O)c1ccccc1Nc1ccc(C(=O)NCc2cccc(C)c2)nn1. The number of benzene rings is 2. The standard InChI is InChI=1S/C21H20N4O3/c1-14-6-5-7-15(12-14)13-22-20(26)18-10-11-19(25-24-18)23-17-9-4-3-8-16(17)21(27)28-2/h3-12H,13H2,1-2H3,(H,22,26)(H,23,25). The minimum atomic E-state index is -0.455. The Balaban J connectivity index is 1.65. The minimum absolute atomic E-state index is 0.208. The van der Waals surface area contributed by atoms with Crippen LogP contribution in [0.4, 0.5) is 11.5 Å². The van der Waals surface area contributed by atoms with E-state index in [-0.39, 0.29) is 11.6 Å². The first-order valence-corrected chi connectivity index (χ1v) is 8.68. The lowest BCUT2D eigenvalue weighted by Gasteiger charge is -2.10. The maximum absolute atomic E-state index is 12.3. The molecule has 7 heteroatoms. The first kappa shape index (κ1) is 19.0. The predicted octanol–water partition coefficient (Wildman–Crippen LogP) is 3.25. The van der Waals surface area contributed by atoms with Crippen LogP contribution in [0.5, 0.6) is 0 Å². The molecule has 0 aliphatic heterocycles. The zero-order valence-corrected chi connectivity index (χ0v) is 15.6. The number of ether oxygens (including phenoxy) is 1. The molecule has 0 unspecified atom stereocenters. The molecule has 0 fully saturated rings. The summed E-state index contributed by atoms with van der Waals surface area (Å²) >= 11 is 0. The topological polar surface area (TPSA) is 93.2 Å². The Hall–Kier alpha value is -3.74. The van der Waals surface area contributed by atoms with E-state index in [1.807, 2.05) is 31.2 Å². The Morgan fingerprint density at radius 3 is 2.54 bits per heavy atom. The van der Waals surface area contributed by atoms with E-state index in [0.717, 1.165) is 11.1 Å². The van der Waals surface area contributed by atoms with E-state index in [2.05, 4.69) is 20.8 Å². The number of carbonyl (C=O) groups is 2. The Morgan fingerprint density at radius 1 is 1.00 bits per heavy atom. The number of para-hydroxylation sites is 1. The molecule has 0 aliphatic rings. The van der Waals surface area contributed by atoms with Gasteiger partial charge in [-0.2, -0.15) is 0 Å². The first-order chi connectivity index (χ1) is 13.6. The van der Waals surface area contributed by atoms with Crippen molar-refractivity contribution in [3.8, 4) is 0 Å². The molecule has 0 saturated carbocycles. The second kappa shape index (κ2) is 8.77. The molecule has 1 heterocycles. The van der Waals surface area contributed by atoms with Gasteiger partial charge in [-0.05, 0) is 36.8 Å². The predicted molar refractivity (Wildman–Crippen MR) is 105 cm³/mol. The number of aryl methyl sites for hydroxylation is 1. The van der Waals surface area contributed by atoms with Gasteiger partial charge in [0, 0.05) is 6.54 Å². The number of hydrogen-bond acceptors (Lipinski definition) is 6. The lowest BCUT2D eigenvalue weighted by Crippen LogP contribution is -2.24. The molecule has 3 rings (SSSR count). The molecule has 1 amide bonds. The summed E-state index contributed by atoms with van der Waals surface area (Å²) in [6, 6.07) is 18.0. The number of methoxy groups -OCH3 is 1. The number of anilines is 2. The van der Waals surface area contributed by atoms with Gasteiger partial charge >= 0.3 is 5.97 Å². The lowest BCUT2D eigenvalue weighted by atomic mass is 10.1. The number of carbonyl (C=O) groups excluding carboxylic acids is 2. The summed E-state index contributed by atoms with van der Waals surface area (Å²) in [4.78, 5) is 24.1. The smallest absolute Gasteiger partial charge is 0.339 e. The van der Waals surface area contributed by atoms with Gasteiger partial charge < -0.3 is 15.4 Å². The summed E-state index contributed by atoms with van der Waals surface area (Å²) in [5.41, 5.74) is 3.28. The molecule has 1 aromatic heterocycles. The van der Waals surface area contributed by atoms with Crippen molar-refractivity contribution in [3.63, 3.8) is 0 Å². The fourth-order valence-electron chi connectivity index (χ4n) is 2.63. The van der Waals surface area contributed by atoms with Crippen LogP contribution >= 0.6 is 0 Å². The molecule has 0 atom stereocenters. The van der Waals surface area contributed by atoms with E-state index in [9.17, 15) is 9.59 Å². The molecule has 3 aromatic rings. The highest BCUT2D eigenvalue weighted by molar-refractivity contribution is 5.96. The third kappa shape index (κ3) is 4.70. The fraction of sp³-hybridized carbons (Fsp3) is 0.143. The van der Waals surface area contributed by atoms with Gasteiger partial charge in [0.2, 0.25) is 0 Å². The first-order valence-electron chi connectivity index (χ1n) is 8.68. The average Bonchev–Trinajstić information content (AvgIpc) is 2.72. The molecule has 142 valence electrons. The van der Waals surface area contributed by atoms with Gasteiger partial charge in [-0.1, -0.05) is 42.0 Å². The van der Waals surface area contributed by atoms with Crippen LogP contribution in [0.3, 0.4) is 0 Å². The number of nitrogens with one attached hydrogen (secondary N) is 2. The summed E-state index contributed by atoms with van der Waals surface area (Å²) < 4.78 is 4.77. The molecular weight excluding hydrogens is 356 g/mol. The maximum Gasteiger partial charge on any atom is 0.339 e. The Kier molecular flexibility index (Phi) is 5.96. The van der Waals surface area contributed by atoms with Crippen molar-refractivity contribution in [2.75, 3.05) is 12.4 Å². The summed E-state index contributed by atoms with van der Waals surface area (Å²) in [5, 5.41) is 13.8. The number of hydrogen-bond donors (Lipinski definition) is 2. The monoisotopic (exact) mass is 376 g/mol. The summed E-state index contributed by atoms with van der Waals surface area (Å²) in [6.07, 6.45) is 0. The molecule has 0 spiro atoms. The van der Waals surface area contributed by atoms with Crippen LogP contribution < -0.4 is 10.6 Å². The average molecular weight is 376 g/mol. The highest BCUT2D eigenvalue weighted by Gasteiger charge is 2.12. The quantitative estimate of drug-likeness (QED) is 0.642. The molecular formula is C21H20N4O3. The van der Waals surface area contributed by atoms with Crippen LogP contribution in [0.2, 0.25) is 0 Å². The number of amides is 1. The maximum atomic E-state index is 12.3. The lowest BCUT2D eigenvalue weighted by molar-refractivity contribution is 0.0601. The number of esters is 1. The number of aromatic nitrogens is 2. The molecule has 0 saturated heterocycles. The number of nitrogens with zero attached hydrogens (tertiary/aromatic N) is 2. The normalized spacial score (nSPS) is 10.2. The van der Waals surface area contributed by atoms with Gasteiger partial charge in [0.25, 0.3) is 5.91 Å². The largest absolute Gasteiger partial charge is 0.465 e.